The molecule has 1 heterocycles. The van der Waals surface area contributed by atoms with Crippen molar-refractivity contribution in [2.75, 3.05) is 7.05 Å². The van der Waals surface area contributed by atoms with Gasteiger partial charge in [-0.15, -0.1) is 0 Å². The van der Waals surface area contributed by atoms with E-state index >= 15 is 0 Å². The molecular formula is C12H16N2O2. The first-order valence-corrected chi connectivity index (χ1v) is 5.08. The molecule has 0 aromatic carbocycles. The molecule has 1 aromatic rings. The lowest BCUT2D eigenvalue weighted by Gasteiger charge is -2.28. The van der Waals surface area contributed by atoms with Crippen LogP contribution in [0, 0.1) is 16.7 Å². The van der Waals surface area contributed by atoms with Crippen LogP contribution in [-0.4, -0.2) is 17.9 Å². The van der Waals surface area contributed by atoms with Gasteiger partial charge in [0.2, 0.25) is 5.91 Å². The van der Waals surface area contributed by atoms with E-state index in [1.165, 1.54) is 11.2 Å². The minimum atomic E-state index is -0.665. The quantitative estimate of drug-likeness (QED) is 0.768. The Kier molecular flexibility index (Phi) is 3.38. The summed E-state index contributed by atoms with van der Waals surface area (Å²) in [5.41, 5.74) is -0.504. The van der Waals surface area contributed by atoms with Crippen LogP contribution >= 0.6 is 0 Å². The third kappa shape index (κ3) is 2.43. The van der Waals surface area contributed by atoms with E-state index in [2.05, 4.69) is 6.07 Å². The molecule has 1 rings (SSSR count). The Hall–Kier alpha value is -1.76. The smallest absolute Gasteiger partial charge is 0.229 e. The lowest BCUT2D eigenvalue weighted by atomic mass is 9.94. The summed E-state index contributed by atoms with van der Waals surface area (Å²) < 4.78 is 5.15. The molecule has 4 nitrogen and oxygen atoms in total. The molecule has 0 bridgehead atoms. The average Bonchev–Trinajstić information content (AvgIpc) is 2.69. The van der Waals surface area contributed by atoms with Crippen molar-refractivity contribution in [1.82, 2.24) is 4.90 Å². The van der Waals surface area contributed by atoms with E-state index in [0.717, 1.165) is 0 Å². The monoisotopic (exact) mass is 220 g/mol. The van der Waals surface area contributed by atoms with Gasteiger partial charge in [0.05, 0.1) is 12.3 Å². The second-order valence-electron chi connectivity index (χ2n) is 4.71. The van der Waals surface area contributed by atoms with Crippen LogP contribution < -0.4 is 0 Å². The highest BCUT2D eigenvalue weighted by atomic mass is 16.3. The van der Waals surface area contributed by atoms with Crippen LogP contribution in [0.15, 0.2) is 22.8 Å². The molecule has 0 saturated heterocycles. The van der Waals surface area contributed by atoms with Crippen LogP contribution in [0.2, 0.25) is 0 Å². The summed E-state index contributed by atoms with van der Waals surface area (Å²) in [7, 11) is 1.62. The fourth-order valence-electron chi connectivity index (χ4n) is 1.43. The van der Waals surface area contributed by atoms with Gasteiger partial charge in [0, 0.05) is 12.5 Å². The molecule has 86 valence electrons. The average molecular weight is 220 g/mol. The standard InChI is InChI=1S/C12H16N2O2/c1-12(2,3)11(15)14(4)9(8-13)10-6-5-7-16-10/h5-7,9H,1-4H3. The number of nitrogens with zero attached hydrogens (tertiary/aromatic N) is 2. The minimum Gasteiger partial charge on any atom is -0.466 e. The Labute approximate surface area is 95.5 Å². The second kappa shape index (κ2) is 4.40. The van der Waals surface area contributed by atoms with E-state index in [9.17, 15) is 4.79 Å². The molecule has 0 fully saturated rings. The zero-order valence-electron chi connectivity index (χ0n) is 10.0. The molecule has 0 saturated carbocycles. The summed E-state index contributed by atoms with van der Waals surface area (Å²) in [6, 6.07) is 4.80. The van der Waals surface area contributed by atoms with E-state index in [4.69, 9.17) is 9.68 Å². The summed E-state index contributed by atoms with van der Waals surface area (Å²) in [5, 5.41) is 9.08. The van der Waals surface area contributed by atoms with Gasteiger partial charge >= 0.3 is 0 Å². The van der Waals surface area contributed by atoms with Crippen LogP contribution in [0.5, 0.6) is 0 Å². The number of carbonyl (C=O) groups excluding carboxylic acids is 1. The largest absolute Gasteiger partial charge is 0.466 e. The van der Waals surface area contributed by atoms with Crippen LogP contribution in [-0.2, 0) is 4.79 Å². The molecule has 1 atom stereocenters. The molecule has 0 aliphatic carbocycles. The number of hydrogen-bond donors (Lipinski definition) is 0. The van der Waals surface area contributed by atoms with Crippen molar-refractivity contribution in [2.45, 2.75) is 26.8 Å². The third-order valence-corrected chi connectivity index (χ3v) is 2.28. The maximum Gasteiger partial charge on any atom is 0.229 e. The van der Waals surface area contributed by atoms with Crippen LogP contribution in [0.3, 0.4) is 0 Å². The summed E-state index contributed by atoms with van der Waals surface area (Å²) in [6.07, 6.45) is 1.50. The maximum atomic E-state index is 12.0. The van der Waals surface area contributed by atoms with Gasteiger partial charge in [-0.05, 0) is 12.1 Å². The summed E-state index contributed by atoms with van der Waals surface area (Å²) >= 11 is 0. The SMILES string of the molecule is CN(C(=O)C(C)(C)C)C(C#N)c1ccco1. The van der Waals surface area contributed by atoms with Crippen molar-refractivity contribution in [3.63, 3.8) is 0 Å². The predicted octanol–water partition coefficient (Wildman–Crippen LogP) is 2.35. The predicted molar refractivity (Wildman–Crippen MR) is 59.3 cm³/mol. The topological polar surface area (TPSA) is 57.2 Å². The van der Waals surface area contributed by atoms with Gasteiger partial charge < -0.3 is 9.32 Å². The Bertz CT molecular complexity index is 396. The maximum absolute atomic E-state index is 12.0. The second-order valence-corrected chi connectivity index (χ2v) is 4.71. The van der Waals surface area contributed by atoms with Gasteiger partial charge in [-0.3, -0.25) is 4.79 Å². The highest BCUT2D eigenvalue weighted by molar-refractivity contribution is 5.81. The first-order valence-electron chi connectivity index (χ1n) is 5.08. The van der Waals surface area contributed by atoms with Crippen molar-refractivity contribution >= 4 is 5.91 Å². The van der Waals surface area contributed by atoms with Gasteiger partial charge in [-0.2, -0.15) is 5.26 Å². The van der Waals surface area contributed by atoms with Crippen LogP contribution in [0.1, 0.15) is 32.6 Å². The molecule has 1 amide bonds. The Morgan fingerprint density at radius 2 is 2.19 bits per heavy atom. The minimum absolute atomic E-state index is 0.0875. The first kappa shape index (κ1) is 12.3. The molecule has 0 N–H and O–H groups in total. The third-order valence-electron chi connectivity index (χ3n) is 2.28. The van der Waals surface area contributed by atoms with Gasteiger partial charge in [0.25, 0.3) is 0 Å². The van der Waals surface area contributed by atoms with Gasteiger partial charge in [0.1, 0.15) is 5.76 Å². The van der Waals surface area contributed by atoms with Crippen LogP contribution in [0.4, 0.5) is 0 Å². The molecule has 1 unspecified atom stereocenters. The number of hydrogen-bond acceptors (Lipinski definition) is 3. The summed E-state index contributed by atoms with van der Waals surface area (Å²) in [6.45, 7) is 5.47. The van der Waals surface area contributed by atoms with Crippen LogP contribution in [0.25, 0.3) is 0 Å². The van der Waals surface area contributed by atoms with E-state index in [1.54, 1.807) is 19.2 Å². The van der Waals surface area contributed by atoms with Gasteiger partial charge in [-0.1, -0.05) is 20.8 Å². The molecule has 1 aromatic heterocycles. The highest BCUT2D eigenvalue weighted by Gasteiger charge is 2.31. The highest BCUT2D eigenvalue weighted by Crippen LogP contribution is 2.25. The Balaban J connectivity index is 2.92. The van der Waals surface area contributed by atoms with Crippen molar-refractivity contribution in [1.29, 1.82) is 5.26 Å². The lowest BCUT2D eigenvalue weighted by Crippen LogP contribution is -2.38. The normalized spacial score (nSPS) is 12.9. The summed E-state index contributed by atoms with van der Waals surface area (Å²) in [5.74, 6) is 0.401. The Morgan fingerprint density at radius 1 is 1.56 bits per heavy atom. The zero-order valence-corrected chi connectivity index (χ0v) is 10.0. The fraction of sp³-hybridized carbons (Fsp3) is 0.500. The van der Waals surface area contributed by atoms with E-state index in [1.807, 2.05) is 20.8 Å². The Morgan fingerprint density at radius 3 is 2.56 bits per heavy atom. The van der Waals surface area contributed by atoms with Gasteiger partial charge in [-0.25, -0.2) is 0 Å². The molecular weight excluding hydrogens is 204 g/mol. The molecule has 0 radical (unpaired) electrons. The molecule has 4 heteroatoms. The molecule has 16 heavy (non-hydrogen) atoms. The van der Waals surface area contributed by atoms with Crippen molar-refractivity contribution in [3.05, 3.63) is 24.2 Å². The van der Waals surface area contributed by atoms with Crippen molar-refractivity contribution < 1.29 is 9.21 Å². The summed E-state index contributed by atoms with van der Waals surface area (Å²) in [4.78, 5) is 13.4. The van der Waals surface area contributed by atoms with Crippen molar-refractivity contribution in [3.8, 4) is 6.07 Å². The van der Waals surface area contributed by atoms with E-state index in [-0.39, 0.29) is 5.91 Å². The number of carbonyl (C=O) groups is 1. The number of amides is 1. The molecule has 0 aliphatic rings. The zero-order chi connectivity index (χ0) is 12.3. The van der Waals surface area contributed by atoms with Gasteiger partial charge in [0.15, 0.2) is 6.04 Å². The lowest BCUT2D eigenvalue weighted by molar-refractivity contribution is -0.139. The van der Waals surface area contributed by atoms with E-state index < -0.39 is 11.5 Å². The number of furan rings is 1. The molecule has 0 aliphatic heterocycles. The first-order chi connectivity index (χ1) is 7.38. The number of nitriles is 1. The fourth-order valence-corrected chi connectivity index (χ4v) is 1.43. The van der Waals surface area contributed by atoms with Crippen molar-refractivity contribution in [2.24, 2.45) is 5.41 Å². The number of rotatable bonds is 2. The van der Waals surface area contributed by atoms with E-state index in [0.29, 0.717) is 5.76 Å². The molecule has 0 spiro atoms.